The molecule has 0 fully saturated rings. The Morgan fingerprint density at radius 1 is 0.792 bits per heavy atom. The molecule has 24 heavy (non-hydrogen) atoms. The van der Waals surface area contributed by atoms with Crippen molar-refractivity contribution in [2.24, 2.45) is 0 Å². The highest BCUT2D eigenvalue weighted by molar-refractivity contribution is 6.01. The summed E-state index contributed by atoms with van der Waals surface area (Å²) in [5.74, 6) is -6.22. The highest BCUT2D eigenvalue weighted by Crippen LogP contribution is 2.35. The molecule has 0 spiro atoms. The molecule has 4 N–H and O–H groups in total. The number of benzene rings is 1. The van der Waals surface area contributed by atoms with Gasteiger partial charge in [0.1, 0.15) is 11.5 Å². The second kappa shape index (κ2) is 6.79. The Bertz CT molecular complexity index is 588. The smallest absolute Gasteiger partial charge is 0.405 e. The number of hydrogen-bond donors (Lipinski definition) is 4. The summed E-state index contributed by atoms with van der Waals surface area (Å²) in [6.07, 6.45) is -10.8. The van der Waals surface area contributed by atoms with Gasteiger partial charge in [0, 0.05) is 0 Å². The number of alkyl halides is 6. The summed E-state index contributed by atoms with van der Waals surface area (Å²) in [7, 11) is 0. The lowest BCUT2D eigenvalue weighted by Crippen LogP contribution is -2.27. The van der Waals surface area contributed by atoms with Crippen LogP contribution in [0.2, 0.25) is 0 Å². The van der Waals surface area contributed by atoms with Crippen LogP contribution in [0.15, 0.2) is 12.1 Å². The minimum absolute atomic E-state index is 0.0602. The molecule has 0 aliphatic rings. The van der Waals surface area contributed by atoms with E-state index in [-0.39, 0.29) is 12.1 Å². The van der Waals surface area contributed by atoms with Crippen molar-refractivity contribution in [1.29, 1.82) is 0 Å². The number of ether oxygens (including phenoxy) is 2. The Kier molecular flexibility index (Phi) is 5.47. The third-order valence-electron chi connectivity index (χ3n) is 2.23. The van der Waals surface area contributed by atoms with Crippen molar-refractivity contribution < 1.29 is 55.8 Å². The van der Waals surface area contributed by atoms with Crippen LogP contribution in [0.3, 0.4) is 0 Å². The minimum Gasteiger partial charge on any atom is -0.405 e. The van der Waals surface area contributed by atoms with Gasteiger partial charge in [0.2, 0.25) is 0 Å². The second-order valence-corrected chi connectivity index (χ2v) is 3.82. The molecule has 0 aliphatic carbocycles. The van der Waals surface area contributed by atoms with Gasteiger partial charge >= 0.3 is 12.7 Å². The van der Waals surface area contributed by atoms with E-state index in [9.17, 15) is 35.9 Å². The minimum atomic E-state index is -5.39. The van der Waals surface area contributed by atoms with Crippen LogP contribution in [0.4, 0.5) is 26.3 Å². The largest absolute Gasteiger partial charge is 0.573 e. The van der Waals surface area contributed by atoms with Crippen LogP contribution in [-0.4, -0.2) is 35.0 Å². The molecular weight excluding hydrogens is 358 g/mol. The molecule has 0 bridgehead atoms. The first-order chi connectivity index (χ1) is 10.9. The Hall–Kier alpha value is -2.74. The summed E-state index contributed by atoms with van der Waals surface area (Å²) in [6, 6.07) is 0.120. The standard InChI is InChI=1S/C10H6F6N2O6/c11-9(12,13)23-5-1-3(7(19)17-21)6(24-10(14,15)16)2-4(5)8(20)18-22/h1-2,21-22H,(H,17,19)(H,18,20). The van der Waals surface area contributed by atoms with Crippen molar-refractivity contribution >= 4 is 11.8 Å². The maximum absolute atomic E-state index is 12.3. The van der Waals surface area contributed by atoms with Crippen LogP contribution in [0.5, 0.6) is 11.5 Å². The van der Waals surface area contributed by atoms with Crippen molar-refractivity contribution in [2.45, 2.75) is 12.7 Å². The van der Waals surface area contributed by atoms with E-state index in [0.717, 1.165) is 11.0 Å². The number of nitrogens with one attached hydrogen (secondary N) is 2. The summed E-state index contributed by atoms with van der Waals surface area (Å²) >= 11 is 0. The molecule has 0 radical (unpaired) electrons. The number of amides is 2. The van der Waals surface area contributed by atoms with E-state index < -0.39 is 47.2 Å². The molecule has 0 aliphatic heterocycles. The van der Waals surface area contributed by atoms with Gasteiger partial charge in [-0.2, -0.15) is 0 Å². The van der Waals surface area contributed by atoms with Gasteiger partial charge < -0.3 is 9.47 Å². The van der Waals surface area contributed by atoms with Crippen LogP contribution in [0.1, 0.15) is 20.7 Å². The zero-order valence-corrected chi connectivity index (χ0v) is 10.9. The predicted octanol–water partition coefficient (Wildman–Crippen LogP) is 1.72. The Morgan fingerprint density at radius 2 is 1.08 bits per heavy atom. The van der Waals surface area contributed by atoms with Gasteiger partial charge in [-0.1, -0.05) is 0 Å². The predicted molar refractivity (Wildman–Crippen MR) is 58.3 cm³/mol. The summed E-state index contributed by atoms with van der Waals surface area (Å²) in [5.41, 5.74) is -0.691. The maximum atomic E-state index is 12.3. The average molecular weight is 364 g/mol. The molecule has 0 aromatic heterocycles. The Labute approximate surface area is 127 Å². The van der Waals surface area contributed by atoms with E-state index in [2.05, 4.69) is 9.47 Å². The van der Waals surface area contributed by atoms with Crippen LogP contribution < -0.4 is 20.4 Å². The number of hydrogen-bond acceptors (Lipinski definition) is 6. The van der Waals surface area contributed by atoms with Crippen LogP contribution >= 0.6 is 0 Å². The van der Waals surface area contributed by atoms with Crippen LogP contribution in [0, 0.1) is 0 Å². The Balaban J connectivity index is 3.58. The summed E-state index contributed by atoms with van der Waals surface area (Å²) in [6.45, 7) is 0. The van der Waals surface area contributed by atoms with Gasteiger partial charge in [-0.25, -0.2) is 11.0 Å². The van der Waals surface area contributed by atoms with E-state index in [1.54, 1.807) is 0 Å². The first kappa shape index (κ1) is 19.3. The molecule has 134 valence electrons. The van der Waals surface area contributed by atoms with Crippen molar-refractivity contribution in [1.82, 2.24) is 11.0 Å². The average Bonchev–Trinajstić information content (AvgIpc) is 2.43. The van der Waals surface area contributed by atoms with E-state index in [4.69, 9.17) is 10.4 Å². The quantitative estimate of drug-likeness (QED) is 0.367. The molecular formula is C10H6F6N2O6. The SMILES string of the molecule is O=C(NO)c1cc(OC(F)(F)F)c(C(=O)NO)cc1OC(F)(F)F. The Morgan fingerprint density at radius 3 is 1.29 bits per heavy atom. The van der Waals surface area contributed by atoms with Gasteiger partial charge in [0.15, 0.2) is 0 Å². The molecule has 1 rings (SSSR count). The molecule has 0 saturated carbocycles. The third kappa shape index (κ3) is 5.17. The zero-order valence-electron chi connectivity index (χ0n) is 10.9. The van der Waals surface area contributed by atoms with E-state index in [0.29, 0.717) is 0 Å². The van der Waals surface area contributed by atoms with E-state index >= 15 is 0 Å². The first-order valence-corrected chi connectivity index (χ1v) is 5.46. The van der Waals surface area contributed by atoms with Crippen molar-refractivity contribution in [3.8, 4) is 11.5 Å². The molecule has 0 heterocycles. The lowest BCUT2D eigenvalue weighted by molar-refractivity contribution is -0.277. The maximum Gasteiger partial charge on any atom is 0.573 e. The monoisotopic (exact) mass is 364 g/mol. The molecule has 0 saturated heterocycles. The summed E-state index contributed by atoms with van der Waals surface area (Å²) in [4.78, 5) is 22.6. The molecule has 2 amide bonds. The second-order valence-electron chi connectivity index (χ2n) is 3.82. The van der Waals surface area contributed by atoms with Gasteiger partial charge in [0.25, 0.3) is 11.8 Å². The molecule has 0 unspecified atom stereocenters. The van der Waals surface area contributed by atoms with E-state index in [1.807, 2.05) is 0 Å². The normalized spacial score (nSPS) is 11.7. The fourth-order valence-corrected chi connectivity index (χ4v) is 1.45. The van der Waals surface area contributed by atoms with Gasteiger partial charge in [-0.3, -0.25) is 20.0 Å². The number of hydroxylamine groups is 2. The molecule has 1 aromatic carbocycles. The summed E-state index contributed by atoms with van der Waals surface area (Å²) in [5, 5.41) is 16.9. The van der Waals surface area contributed by atoms with E-state index in [1.165, 1.54) is 0 Å². The molecule has 14 heteroatoms. The van der Waals surface area contributed by atoms with Crippen molar-refractivity contribution in [3.05, 3.63) is 23.3 Å². The molecule has 0 atom stereocenters. The van der Waals surface area contributed by atoms with Gasteiger partial charge in [-0.05, 0) is 12.1 Å². The summed E-state index contributed by atoms with van der Waals surface area (Å²) < 4.78 is 80.6. The number of carbonyl (C=O) groups is 2. The highest BCUT2D eigenvalue weighted by atomic mass is 19.4. The van der Waals surface area contributed by atoms with Crippen LogP contribution in [0.25, 0.3) is 0 Å². The van der Waals surface area contributed by atoms with Gasteiger partial charge in [-0.15, -0.1) is 26.3 Å². The fourth-order valence-electron chi connectivity index (χ4n) is 1.45. The lowest BCUT2D eigenvalue weighted by atomic mass is 10.1. The number of halogens is 6. The van der Waals surface area contributed by atoms with Gasteiger partial charge in [0.05, 0.1) is 11.1 Å². The van der Waals surface area contributed by atoms with Crippen molar-refractivity contribution in [3.63, 3.8) is 0 Å². The number of carbonyl (C=O) groups excluding carboxylic acids is 2. The third-order valence-corrected chi connectivity index (χ3v) is 2.23. The molecule has 1 aromatic rings. The highest BCUT2D eigenvalue weighted by Gasteiger charge is 2.37. The van der Waals surface area contributed by atoms with Crippen LogP contribution in [-0.2, 0) is 0 Å². The fraction of sp³-hybridized carbons (Fsp3) is 0.200. The lowest BCUT2D eigenvalue weighted by Gasteiger charge is -2.17. The topological polar surface area (TPSA) is 117 Å². The molecule has 8 nitrogen and oxygen atoms in total. The zero-order chi connectivity index (χ0) is 18.7. The first-order valence-electron chi connectivity index (χ1n) is 5.46. The van der Waals surface area contributed by atoms with Crippen molar-refractivity contribution in [2.75, 3.05) is 0 Å². The number of rotatable bonds is 4.